The molecule has 2 rings (SSSR count). The maximum atomic E-state index is 12.1. The van der Waals surface area contributed by atoms with Crippen LogP contribution in [0, 0.1) is 22.7 Å². The fourth-order valence-corrected chi connectivity index (χ4v) is 3.36. The first-order valence-corrected chi connectivity index (χ1v) is 7.29. The van der Waals surface area contributed by atoms with Crippen LogP contribution in [0.1, 0.15) is 47.5 Å². The molecular formula is C15H28N2O. The van der Waals surface area contributed by atoms with Crippen LogP contribution in [0.5, 0.6) is 0 Å². The lowest BCUT2D eigenvalue weighted by Crippen LogP contribution is -2.45. The first-order valence-electron chi connectivity index (χ1n) is 7.29. The predicted molar refractivity (Wildman–Crippen MR) is 74.4 cm³/mol. The summed E-state index contributed by atoms with van der Waals surface area (Å²) in [4.78, 5) is 14.0. The molecule has 1 heterocycles. The van der Waals surface area contributed by atoms with Gasteiger partial charge in [-0.2, -0.15) is 0 Å². The molecule has 0 atom stereocenters. The van der Waals surface area contributed by atoms with E-state index in [9.17, 15) is 4.79 Å². The van der Waals surface area contributed by atoms with Crippen molar-refractivity contribution in [3.8, 4) is 0 Å². The van der Waals surface area contributed by atoms with Crippen molar-refractivity contribution in [1.29, 1.82) is 0 Å². The first-order chi connectivity index (χ1) is 8.26. The summed E-state index contributed by atoms with van der Waals surface area (Å²) < 4.78 is 0. The molecule has 3 nitrogen and oxygen atoms in total. The van der Waals surface area contributed by atoms with Gasteiger partial charge in [0, 0.05) is 19.6 Å². The summed E-state index contributed by atoms with van der Waals surface area (Å²) in [6.45, 7) is 14.1. The molecule has 2 aliphatic rings. The Labute approximate surface area is 111 Å². The third kappa shape index (κ3) is 2.24. The maximum absolute atomic E-state index is 12.1. The zero-order chi connectivity index (χ0) is 13.6. The van der Waals surface area contributed by atoms with Crippen LogP contribution in [0.2, 0.25) is 0 Å². The zero-order valence-electron chi connectivity index (χ0n) is 12.5. The Morgan fingerprint density at radius 3 is 2.11 bits per heavy atom. The Morgan fingerprint density at radius 1 is 1.17 bits per heavy atom. The molecule has 1 aliphatic heterocycles. The number of urea groups is 1. The normalized spacial score (nSPS) is 27.1. The molecule has 0 unspecified atom stereocenters. The SMILES string of the molecule is CC1CCN(C(=O)NCC2C(C)(C)C2(C)C)CC1. The van der Waals surface area contributed by atoms with Crippen molar-refractivity contribution in [1.82, 2.24) is 10.2 Å². The van der Waals surface area contributed by atoms with Gasteiger partial charge in [0.15, 0.2) is 0 Å². The van der Waals surface area contributed by atoms with E-state index in [1.165, 1.54) is 0 Å². The van der Waals surface area contributed by atoms with E-state index >= 15 is 0 Å². The van der Waals surface area contributed by atoms with Crippen molar-refractivity contribution in [3.05, 3.63) is 0 Å². The van der Waals surface area contributed by atoms with E-state index in [0.29, 0.717) is 16.7 Å². The Hall–Kier alpha value is -0.730. The van der Waals surface area contributed by atoms with E-state index in [0.717, 1.165) is 38.4 Å². The summed E-state index contributed by atoms with van der Waals surface area (Å²) in [6.07, 6.45) is 2.29. The molecule has 1 saturated heterocycles. The first kappa shape index (κ1) is 13.7. The molecule has 0 aromatic heterocycles. The van der Waals surface area contributed by atoms with Gasteiger partial charge in [0.25, 0.3) is 0 Å². The predicted octanol–water partition coefficient (Wildman–Crippen LogP) is 3.11. The highest BCUT2D eigenvalue weighted by molar-refractivity contribution is 5.74. The van der Waals surface area contributed by atoms with Crippen molar-refractivity contribution in [3.63, 3.8) is 0 Å². The van der Waals surface area contributed by atoms with E-state index in [-0.39, 0.29) is 6.03 Å². The number of nitrogens with zero attached hydrogens (tertiary/aromatic N) is 1. The van der Waals surface area contributed by atoms with Crippen molar-refractivity contribution in [2.45, 2.75) is 47.5 Å². The van der Waals surface area contributed by atoms with Gasteiger partial charge in [-0.05, 0) is 35.5 Å². The molecule has 1 aliphatic carbocycles. The average Bonchev–Trinajstić information content (AvgIpc) is 2.67. The van der Waals surface area contributed by atoms with Crippen LogP contribution in [0.25, 0.3) is 0 Å². The molecule has 1 saturated carbocycles. The van der Waals surface area contributed by atoms with Gasteiger partial charge in [0.2, 0.25) is 0 Å². The average molecular weight is 252 g/mol. The van der Waals surface area contributed by atoms with Crippen molar-refractivity contribution < 1.29 is 4.79 Å². The second-order valence-electron chi connectivity index (χ2n) is 7.35. The number of likely N-dealkylation sites (tertiary alicyclic amines) is 1. The van der Waals surface area contributed by atoms with Gasteiger partial charge in [-0.1, -0.05) is 34.6 Å². The summed E-state index contributed by atoms with van der Waals surface area (Å²) in [7, 11) is 0. The number of piperidine rings is 1. The summed E-state index contributed by atoms with van der Waals surface area (Å²) in [5.74, 6) is 1.38. The second kappa shape index (κ2) is 4.43. The van der Waals surface area contributed by atoms with Crippen molar-refractivity contribution in [2.75, 3.05) is 19.6 Å². The van der Waals surface area contributed by atoms with Gasteiger partial charge in [-0.25, -0.2) is 4.79 Å². The highest BCUT2D eigenvalue weighted by atomic mass is 16.2. The Kier molecular flexibility index (Phi) is 3.37. The molecule has 0 radical (unpaired) electrons. The fraction of sp³-hybridized carbons (Fsp3) is 0.933. The highest BCUT2D eigenvalue weighted by Crippen LogP contribution is 2.67. The minimum Gasteiger partial charge on any atom is -0.338 e. The van der Waals surface area contributed by atoms with Crippen molar-refractivity contribution >= 4 is 6.03 Å². The number of amides is 2. The Balaban J connectivity index is 1.77. The fourth-order valence-electron chi connectivity index (χ4n) is 3.36. The second-order valence-corrected chi connectivity index (χ2v) is 7.35. The van der Waals surface area contributed by atoms with E-state index in [1.807, 2.05) is 4.90 Å². The van der Waals surface area contributed by atoms with Crippen LogP contribution >= 0.6 is 0 Å². The molecular weight excluding hydrogens is 224 g/mol. The van der Waals surface area contributed by atoms with Crippen LogP contribution < -0.4 is 5.32 Å². The number of rotatable bonds is 2. The lowest BCUT2D eigenvalue weighted by Gasteiger charge is -2.30. The minimum absolute atomic E-state index is 0.139. The molecule has 104 valence electrons. The van der Waals surface area contributed by atoms with Gasteiger partial charge in [-0.3, -0.25) is 0 Å². The lowest BCUT2D eigenvalue weighted by molar-refractivity contribution is 0.173. The maximum Gasteiger partial charge on any atom is 0.317 e. The summed E-state index contributed by atoms with van der Waals surface area (Å²) in [6, 6.07) is 0.139. The molecule has 0 aromatic rings. The van der Waals surface area contributed by atoms with Gasteiger partial charge in [-0.15, -0.1) is 0 Å². The standard InChI is InChI=1S/C15H28N2O/c1-11-6-8-17(9-7-11)13(18)16-10-12-14(2,3)15(12,4)5/h11-12H,6-10H2,1-5H3,(H,16,18). The van der Waals surface area contributed by atoms with Gasteiger partial charge < -0.3 is 10.2 Å². The van der Waals surface area contributed by atoms with Crippen LogP contribution in [-0.4, -0.2) is 30.6 Å². The lowest BCUT2D eigenvalue weighted by atomic mass is 10.00. The van der Waals surface area contributed by atoms with Crippen LogP contribution in [0.4, 0.5) is 4.79 Å². The van der Waals surface area contributed by atoms with E-state index < -0.39 is 0 Å². The molecule has 0 spiro atoms. The quantitative estimate of drug-likeness (QED) is 0.804. The number of hydrogen-bond acceptors (Lipinski definition) is 1. The minimum atomic E-state index is 0.139. The van der Waals surface area contributed by atoms with E-state index in [2.05, 4.69) is 39.9 Å². The smallest absolute Gasteiger partial charge is 0.317 e. The number of hydrogen-bond donors (Lipinski definition) is 1. The largest absolute Gasteiger partial charge is 0.338 e. The molecule has 0 aromatic carbocycles. The van der Waals surface area contributed by atoms with Crippen LogP contribution in [0.15, 0.2) is 0 Å². The Morgan fingerprint density at radius 2 is 1.67 bits per heavy atom. The Bertz CT molecular complexity index is 313. The monoisotopic (exact) mass is 252 g/mol. The summed E-state index contributed by atoms with van der Waals surface area (Å²) in [5, 5.41) is 3.13. The molecule has 18 heavy (non-hydrogen) atoms. The summed E-state index contributed by atoms with van der Waals surface area (Å²) in [5.41, 5.74) is 0.716. The van der Waals surface area contributed by atoms with Crippen molar-refractivity contribution in [2.24, 2.45) is 22.7 Å². The number of carbonyl (C=O) groups excluding carboxylic acids is 1. The van der Waals surface area contributed by atoms with Gasteiger partial charge in [0.1, 0.15) is 0 Å². The zero-order valence-corrected chi connectivity index (χ0v) is 12.5. The molecule has 2 fully saturated rings. The van der Waals surface area contributed by atoms with Crippen LogP contribution in [0.3, 0.4) is 0 Å². The van der Waals surface area contributed by atoms with E-state index in [1.54, 1.807) is 0 Å². The molecule has 1 N–H and O–H groups in total. The number of carbonyl (C=O) groups is 1. The van der Waals surface area contributed by atoms with Crippen LogP contribution in [-0.2, 0) is 0 Å². The van der Waals surface area contributed by atoms with E-state index in [4.69, 9.17) is 0 Å². The molecule has 0 bridgehead atoms. The number of nitrogens with one attached hydrogen (secondary N) is 1. The third-order valence-corrected chi connectivity index (χ3v) is 5.85. The summed E-state index contributed by atoms with van der Waals surface area (Å²) >= 11 is 0. The highest BCUT2D eigenvalue weighted by Gasteiger charge is 2.64. The third-order valence-electron chi connectivity index (χ3n) is 5.85. The van der Waals surface area contributed by atoms with Gasteiger partial charge >= 0.3 is 6.03 Å². The van der Waals surface area contributed by atoms with Gasteiger partial charge in [0.05, 0.1) is 0 Å². The molecule has 2 amide bonds. The molecule has 3 heteroatoms. The topological polar surface area (TPSA) is 32.3 Å².